The van der Waals surface area contributed by atoms with E-state index in [-0.39, 0.29) is 36.8 Å². The van der Waals surface area contributed by atoms with E-state index in [2.05, 4.69) is 0 Å². The minimum atomic E-state index is -1.87. The fraction of sp³-hybridized carbons (Fsp3) is 0.600. The lowest BCUT2D eigenvalue weighted by Gasteiger charge is -2.54. The molecule has 0 N–H and O–H groups in total. The number of esters is 1. The molecule has 5 aliphatic rings. The zero-order valence-electron chi connectivity index (χ0n) is 20.7. The molecular formula is C25H28N2O9. The summed E-state index contributed by atoms with van der Waals surface area (Å²) in [6.45, 7) is 3.24. The Morgan fingerprint density at radius 3 is 2.61 bits per heavy atom. The molecule has 1 aromatic rings. The number of carbonyl (C=O) groups excluding carboxylic acids is 4. The number of amides is 2. The van der Waals surface area contributed by atoms with Crippen LogP contribution < -0.4 is 14.4 Å². The molecule has 7 unspecified atom stereocenters. The molecule has 1 aliphatic carbocycles. The predicted octanol–water partition coefficient (Wildman–Crippen LogP) is 0.758. The SMILES string of the molecule is COc1ccc2c3c1OC(OC)C(=O)N3C1(OC(C)=O)C3OC(C)C4C(=O)C21CCN(C)C(=O)CC43. The molecule has 4 bridgehead atoms. The fourth-order valence-electron chi connectivity index (χ4n) is 7.23. The van der Waals surface area contributed by atoms with Crippen LogP contribution in [0.15, 0.2) is 12.1 Å². The number of carbonyl (C=O) groups is 4. The summed E-state index contributed by atoms with van der Waals surface area (Å²) in [5.41, 5.74) is -2.57. The van der Waals surface area contributed by atoms with Gasteiger partial charge in [-0.3, -0.25) is 24.1 Å². The van der Waals surface area contributed by atoms with Crippen molar-refractivity contribution in [2.75, 3.05) is 32.7 Å². The zero-order valence-corrected chi connectivity index (χ0v) is 20.7. The first-order valence-electron chi connectivity index (χ1n) is 12.0. The topological polar surface area (TPSA) is 121 Å². The molecule has 1 spiro atoms. The number of methoxy groups -OCH3 is 2. The first-order valence-corrected chi connectivity index (χ1v) is 12.0. The van der Waals surface area contributed by atoms with Gasteiger partial charge in [-0.2, -0.15) is 0 Å². The van der Waals surface area contributed by atoms with E-state index >= 15 is 0 Å². The Morgan fingerprint density at radius 2 is 1.94 bits per heavy atom. The maximum Gasteiger partial charge on any atom is 0.304 e. The molecule has 36 heavy (non-hydrogen) atoms. The smallest absolute Gasteiger partial charge is 0.304 e. The number of hydrogen-bond acceptors (Lipinski definition) is 9. The summed E-state index contributed by atoms with van der Waals surface area (Å²) in [7, 11) is 4.48. The number of hydrogen-bond donors (Lipinski definition) is 0. The van der Waals surface area contributed by atoms with E-state index in [4.69, 9.17) is 23.7 Å². The molecule has 2 saturated heterocycles. The minimum absolute atomic E-state index is 0.0275. The molecule has 2 amide bonds. The summed E-state index contributed by atoms with van der Waals surface area (Å²) in [4.78, 5) is 57.5. The first kappa shape index (κ1) is 23.2. The van der Waals surface area contributed by atoms with Crippen molar-refractivity contribution >= 4 is 29.3 Å². The van der Waals surface area contributed by atoms with Gasteiger partial charge < -0.3 is 28.6 Å². The third-order valence-electron chi connectivity index (χ3n) is 8.59. The number of nitrogens with zero attached hydrogens (tertiary/aromatic N) is 2. The fourth-order valence-corrected chi connectivity index (χ4v) is 7.23. The molecule has 3 fully saturated rings. The van der Waals surface area contributed by atoms with Crippen molar-refractivity contribution < 1.29 is 42.9 Å². The van der Waals surface area contributed by atoms with Crippen LogP contribution in [-0.4, -0.2) is 80.5 Å². The van der Waals surface area contributed by atoms with Crippen molar-refractivity contribution in [2.24, 2.45) is 11.8 Å². The van der Waals surface area contributed by atoms with Gasteiger partial charge in [0, 0.05) is 40.0 Å². The van der Waals surface area contributed by atoms with Gasteiger partial charge in [-0.05, 0) is 25.0 Å². The maximum atomic E-state index is 14.7. The van der Waals surface area contributed by atoms with Crippen molar-refractivity contribution in [3.63, 3.8) is 0 Å². The van der Waals surface area contributed by atoms with E-state index < -0.39 is 53.4 Å². The highest BCUT2D eigenvalue weighted by Crippen LogP contribution is 2.69. The molecule has 4 aliphatic heterocycles. The van der Waals surface area contributed by atoms with Crippen molar-refractivity contribution in [3.05, 3.63) is 17.7 Å². The van der Waals surface area contributed by atoms with Crippen LogP contribution in [0.1, 0.15) is 32.3 Å². The van der Waals surface area contributed by atoms with Gasteiger partial charge in [0.25, 0.3) is 12.2 Å². The third kappa shape index (κ3) is 2.45. The quantitative estimate of drug-likeness (QED) is 0.554. The van der Waals surface area contributed by atoms with Crippen LogP contribution in [0, 0.1) is 11.8 Å². The monoisotopic (exact) mass is 500 g/mol. The highest BCUT2D eigenvalue weighted by molar-refractivity contribution is 6.11. The van der Waals surface area contributed by atoms with Gasteiger partial charge >= 0.3 is 5.97 Å². The second kappa shape index (κ2) is 7.42. The van der Waals surface area contributed by atoms with Crippen molar-refractivity contribution in [3.8, 4) is 11.5 Å². The first-order chi connectivity index (χ1) is 17.1. The lowest BCUT2D eigenvalue weighted by molar-refractivity contribution is -0.203. The molecule has 0 aromatic heterocycles. The molecule has 11 heteroatoms. The molecule has 1 saturated carbocycles. The van der Waals surface area contributed by atoms with Crippen LogP contribution in [0.2, 0.25) is 0 Å². The zero-order chi connectivity index (χ0) is 25.7. The molecule has 11 nitrogen and oxygen atoms in total. The van der Waals surface area contributed by atoms with Crippen molar-refractivity contribution in [1.82, 2.24) is 4.90 Å². The van der Waals surface area contributed by atoms with Crippen LogP contribution in [0.3, 0.4) is 0 Å². The largest absolute Gasteiger partial charge is 0.493 e. The van der Waals surface area contributed by atoms with Gasteiger partial charge in [0.2, 0.25) is 11.6 Å². The van der Waals surface area contributed by atoms with Crippen LogP contribution in [0.5, 0.6) is 11.5 Å². The highest BCUT2D eigenvalue weighted by Gasteiger charge is 2.82. The molecule has 192 valence electrons. The van der Waals surface area contributed by atoms with E-state index in [0.717, 1.165) is 0 Å². The average molecular weight is 501 g/mol. The lowest BCUT2D eigenvalue weighted by atomic mass is 9.55. The van der Waals surface area contributed by atoms with Gasteiger partial charge in [0.1, 0.15) is 11.5 Å². The normalized spacial score (nSPS) is 38.1. The Morgan fingerprint density at radius 1 is 1.19 bits per heavy atom. The summed E-state index contributed by atoms with van der Waals surface area (Å²) in [5, 5.41) is 0. The summed E-state index contributed by atoms with van der Waals surface area (Å²) in [5.74, 6) is -2.29. The number of ketones is 1. The molecular weight excluding hydrogens is 472 g/mol. The number of benzene rings is 1. The van der Waals surface area contributed by atoms with E-state index in [1.54, 1.807) is 31.0 Å². The summed E-state index contributed by atoms with van der Waals surface area (Å²) in [6.07, 6.45) is -2.68. The Bertz CT molecular complexity index is 1220. The van der Waals surface area contributed by atoms with Crippen LogP contribution in [0.25, 0.3) is 0 Å². The highest BCUT2D eigenvalue weighted by atomic mass is 16.7. The molecule has 1 aromatic carbocycles. The predicted molar refractivity (Wildman–Crippen MR) is 121 cm³/mol. The second-order valence-corrected chi connectivity index (χ2v) is 10.1. The number of fused-ring (bicyclic) bond motifs is 2. The van der Waals surface area contributed by atoms with Gasteiger partial charge in [-0.1, -0.05) is 6.07 Å². The Kier molecular flexibility index (Phi) is 4.79. The molecule has 6 rings (SSSR count). The molecule has 0 radical (unpaired) electrons. The number of ether oxygens (including phenoxy) is 5. The number of rotatable bonds is 3. The van der Waals surface area contributed by atoms with E-state index in [9.17, 15) is 19.2 Å². The lowest BCUT2D eigenvalue weighted by Crippen LogP contribution is -2.76. The Labute approximate surface area is 207 Å². The maximum absolute atomic E-state index is 14.7. The van der Waals surface area contributed by atoms with E-state index in [1.807, 2.05) is 0 Å². The molecule has 4 heterocycles. The van der Waals surface area contributed by atoms with Gasteiger partial charge in [-0.15, -0.1) is 0 Å². The van der Waals surface area contributed by atoms with Gasteiger partial charge in [-0.25, -0.2) is 0 Å². The standard InChI is InChI=1S/C25H28N2O9/c1-11-17-13-10-16(29)26(3)9-8-24(20(17)30)14-6-7-15(32-4)19-18(14)27(22(31)23(33-5)35-19)25(24,21(13)34-11)36-12(2)28/h6-7,11,13,17,21,23H,8-10H2,1-5H3. The van der Waals surface area contributed by atoms with Crippen LogP contribution in [0.4, 0.5) is 5.69 Å². The number of Topliss-reactive ketones (excluding diaryl/α,β-unsaturated/α-hetero) is 1. The van der Waals surface area contributed by atoms with Gasteiger partial charge in [0.15, 0.2) is 17.3 Å². The Hall–Kier alpha value is -3.18. The third-order valence-corrected chi connectivity index (χ3v) is 8.59. The minimum Gasteiger partial charge on any atom is -0.493 e. The Balaban J connectivity index is 1.75. The second-order valence-electron chi connectivity index (χ2n) is 10.1. The van der Waals surface area contributed by atoms with Crippen LogP contribution in [-0.2, 0) is 38.8 Å². The van der Waals surface area contributed by atoms with Crippen molar-refractivity contribution in [2.45, 2.75) is 56.3 Å². The summed E-state index contributed by atoms with van der Waals surface area (Å²) < 4.78 is 29.4. The van der Waals surface area contributed by atoms with Gasteiger partial charge in [0.05, 0.1) is 24.8 Å². The molecule has 7 atom stereocenters. The number of anilines is 1. The summed E-state index contributed by atoms with van der Waals surface area (Å²) >= 11 is 0. The van der Waals surface area contributed by atoms with Crippen molar-refractivity contribution in [1.29, 1.82) is 0 Å². The van der Waals surface area contributed by atoms with Crippen LogP contribution >= 0.6 is 0 Å². The average Bonchev–Trinajstić information content (AvgIpc) is 3.28. The summed E-state index contributed by atoms with van der Waals surface area (Å²) in [6, 6.07) is 3.39. The van der Waals surface area contributed by atoms with E-state index in [1.165, 1.54) is 26.0 Å². The van der Waals surface area contributed by atoms with E-state index in [0.29, 0.717) is 17.0 Å².